The van der Waals surface area contributed by atoms with Gasteiger partial charge in [-0.1, -0.05) is 0 Å². The third-order valence-corrected chi connectivity index (χ3v) is 6.86. The Morgan fingerprint density at radius 1 is 1.05 bits per heavy atom. The molecule has 4 heterocycles. The van der Waals surface area contributed by atoms with E-state index in [9.17, 15) is 18.0 Å². The molecule has 1 amide bonds. The van der Waals surface area contributed by atoms with Crippen LogP contribution >= 0.6 is 0 Å². The minimum Gasteiger partial charge on any atom is -0.488 e. The number of ether oxygens (including phenoxy) is 2. The normalized spacial score (nSPS) is 18.3. The second kappa shape index (κ2) is 9.39. The predicted octanol–water partition coefficient (Wildman–Crippen LogP) is 5.56. The minimum atomic E-state index is -4.43. The number of rotatable bonds is 3. The molecule has 0 bridgehead atoms. The highest BCUT2D eigenvalue weighted by Crippen LogP contribution is 2.34. The van der Waals surface area contributed by atoms with Gasteiger partial charge in [0.15, 0.2) is 23.5 Å². The van der Waals surface area contributed by atoms with Crippen molar-refractivity contribution >= 4 is 22.5 Å². The molecule has 0 N–H and O–H groups in total. The Kier molecular flexibility index (Phi) is 6.02. The molecule has 38 heavy (non-hydrogen) atoms. The van der Waals surface area contributed by atoms with Crippen molar-refractivity contribution in [2.24, 2.45) is 0 Å². The van der Waals surface area contributed by atoms with Crippen molar-refractivity contribution in [3.8, 4) is 17.1 Å². The van der Waals surface area contributed by atoms with Gasteiger partial charge in [-0.3, -0.25) is 4.79 Å². The van der Waals surface area contributed by atoms with Crippen molar-refractivity contribution in [2.45, 2.75) is 38.6 Å². The van der Waals surface area contributed by atoms with E-state index < -0.39 is 11.7 Å². The number of nitrogens with zero attached hydrogens (tertiary/aromatic N) is 5. The summed E-state index contributed by atoms with van der Waals surface area (Å²) in [7, 11) is 0. The van der Waals surface area contributed by atoms with Crippen LogP contribution in [0.25, 0.3) is 22.3 Å². The van der Waals surface area contributed by atoms with Crippen LogP contribution in [-0.2, 0) is 10.9 Å². The molecule has 0 radical (unpaired) electrons. The number of alkyl halides is 3. The summed E-state index contributed by atoms with van der Waals surface area (Å²) in [6.45, 7) is 3.17. The average molecular weight is 524 g/mol. The zero-order valence-electron chi connectivity index (χ0n) is 20.5. The molecule has 2 aliphatic heterocycles. The van der Waals surface area contributed by atoms with E-state index in [0.29, 0.717) is 59.2 Å². The van der Waals surface area contributed by atoms with E-state index in [4.69, 9.17) is 9.47 Å². The monoisotopic (exact) mass is 523 g/mol. The van der Waals surface area contributed by atoms with Gasteiger partial charge in [0.1, 0.15) is 6.61 Å². The molecule has 11 heteroatoms. The number of aromatic nitrogens is 4. The van der Waals surface area contributed by atoms with Crippen molar-refractivity contribution in [1.82, 2.24) is 19.7 Å². The second-order valence-electron chi connectivity index (χ2n) is 9.39. The molecule has 6 rings (SSSR count). The first-order chi connectivity index (χ1) is 18.3. The lowest BCUT2D eigenvalue weighted by molar-refractivity contribution is -0.137. The second-order valence-corrected chi connectivity index (χ2v) is 9.39. The summed E-state index contributed by atoms with van der Waals surface area (Å²) in [5, 5.41) is 4.71. The summed E-state index contributed by atoms with van der Waals surface area (Å²) >= 11 is 0. The zero-order valence-corrected chi connectivity index (χ0v) is 20.5. The van der Waals surface area contributed by atoms with Crippen LogP contribution in [0.1, 0.15) is 47.1 Å². The highest BCUT2D eigenvalue weighted by Gasteiger charge is 2.33. The van der Waals surface area contributed by atoms with Gasteiger partial charge in [-0.15, -0.1) is 0 Å². The van der Waals surface area contributed by atoms with E-state index in [1.807, 2.05) is 19.1 Å². The molecule has 8 nitrogen and oxygen atoms in total. The first-order valence-corrected chi connectivity index (χ1v) is 12.4. The number of benzene rings is 2. The standard InChI is InChI=1S/C27H24F3N5O3/c1-16-12-17(25-31-14-18-13-19(27(28,29)30)6-7-20(18)33-25)5-8-21(16)34-9-11-37-22-15-32-35(24(22)26(34)36)23-4-2-3-10-38-23/h5-8,12-15,23H,2-4,9-11H2,1H3. The van der Waals surface area contributed by atoms with E-state index in [1.165, 1.54) is 12.3 Å². The van der Waals surface area contributed by atoms with Gasteiger partial charge in [0.25, 0.3) is 5.91 Å². The number of anilines is 1. The molecule has 1 atom stereocenters. The van der Waals surface area contributed by atoms with Gasteiger partial charge in [0, 0.05) is 29.4 Å². The van der Waals surface area contributed by atoms with E-state index in [1.54, 1.807) is 21.8 Å². The Bertz CT molecular complexity index is 1530. The number of amides is 1. The Balaban J connectivity index is 1.31. The average Bonchev–Trinajstić information content (AvgIpc) is 3.27. The zero-order chi connectivity index (χ0) is 26.4. The third-order valence-electron chi connectivity index (χ3n) is 6.86. The Morgan fingerprint density at radius 3 is 2.68 bits per heavy atom. The van der Waals surface area contributed by atoms with Crippen LogP contribution in [0.5, 0.6) is 5.75 Å². The van der Waals surface area contributed by atoms with Crippen LogP contribution < -0.4 is 9.64 Å². The third kappa shape index (κ3) is 4.36. The number of aryl methyl sites for hydroxylation is 1. The maximum atomic E-state index is 13.7. The van der Waals surface area contributed by atoms with Gasteiger partial charge < -0.3 is 14.4 Å². The first-order valence-electron chi connectivity index (χ1n) is 12.4. The lowest BCUT2D eigenvalue weighted by Gasteiger charge is -2.26. The summed E-state index contributed by atoms with van der Waals surface area (Å²) < 4.78 is 52.5. The van der Waals surface area contributed by atoms with Gasteiger partial charge in [-0.25, -0.2) is 14.6 Å². The Hall–Kier alpha value is -3.99. The fourth-order valence-electron chi connectivity index (χ4n) is 4.94. The molecule has 0 aliphatic carbocycles. The molecule has 196 valence electrons. The van der Waals surface area contributed by atoms with Crippen LogP contribution in [0.15, 0.2) is 48.8 Å². The summed E-state index contributed by atoms with van der Waals surface area (Å²) in [5.74, 6) is 0.605. The van der Waals surface area contributed by atoms with Gasteiger partial charge >= 0.3 is 6.18 Å². The minimum absolute atomic E-state index is 0.220. The topological polar surface area (TPSA) is 82.4 Å². The molecule has 1 unspecified atom stereocenters. The number of hydrogen-bond acceptors (Lipinski definition) is 6. The summed E-state index contributed by atoms with van der Waals surface area (Å²) in [6, 6.07) is 8.88. The smallest absolute Gasteiger partial charge is 0.416 e. The molecule has 0 saturated carbocycles. The fourth-order valence-corrected chi connectivity index (χ4v) is 4.94. The van der Waals surface area contributed by atoms with E-state index in [0.717, 1.165) is 37.0 Å². The van der Waals surface area contributed by atoms with E-state index in [2.05, 4.69) is 15.1 Å². The summed E-state index contributed by atoms with van der Waals surface area (Å²) in [6.07, 6.45) is 0.981. The summed E-state index contributed by atoms with van der Waals surface area (Å²) in [4.78, 5) is 24.2. The number of fused-ring (bicyclic) bond motifs is 2. The van der Waals surface area contributed by atoms with Gasteiger partial charge in [-0.05, 0) is 68.1 Å². The lowest BCUT2D eigenvalue weighted by atomic mass is 10.1. The van der Waals surface area contributed by atoms with E-state index >= 15 is 0 Å². The maximum Gasteiger partial charge on any atom is 0.416 e. The van der Waals surface area contributed by atoms with Crippen LogP contribution in [0.4, 0.5) is 18.9 Å². The number of halogens is 3. The molecule has 2 aromatic heterocycles. The van der Waals surface area contributed by atoms with Crippen molar-refractivity contribution in [1.29, 1.82) is 0 Å². The van der Waals surface area contributed by atoms with Gasteiger partial charge in [0.05, 0.1) is 23.8 Å². The van der Waals surface area contributed by atoms with Crippen molar-refractivity contribution in [2.75, 3.05) is 24.7 Å². The van der Waals surface area contributed by atoms with Crippen LogP contribution in [0.3, 0.4) is 0 Å². The first kappa shape index (κ1) is 24.4. The molecular weight excluding hydrogens is 499 g/mol. The highest BCUT2D eigenvalue weighted by atomic mass is 19.4. The quantitative estimate of drug-likeness (QED) is 0.350. The highest BCUT2D eigenvalue weighted by molar-refractivity contribution is 6.07. The van der Waals surface area contributed by atoms with Crippen LogP contribution in [0.2, 0.25) is 0 Å². The molecular formula is C27H24F3N5O3. The van der Waals surface area contributed by atoms with Crippen molar-refractivity contribution < 1.29 is 27.4 Å². The molecule has 1 fully saturated rings. The van der Waals surface area contributed by atoms with E-state index in [-0.39, 0.29) is 12.1 Å². The largest absolute Gasteiger partial charge is 0.488 e. The van der Waals surface area contributed by atoms with Crippen molar-refractivity contribution in [3.63, 3.8) is 0 Å². The summed E-state index contributed by atoms with van der Waals surface area (Å²) in [5.41, 5.74) is 2.25. The molecule has 2 aliphatic rings. The van der Waals surface area contributed by atoms with Crippen LogP contribution in [-0.4, -0.2) is 45.4 Å². The van der Waals surface area contributed by atoms with Crippen molar-refractivity contribution in [3.05, 3.63) is 65.6 Å². The molecule has 0 spiro atoms. The Morgan fingerprint density at radius 2 is 1.92 bits per heavy atom. The number of carbonyl (C=O) groups excluding carboxylic acids is 1. The number of carbonyl (C=O) groups is 1. The Labute approximate surface area is 216 Å². The maximum absolute atomic E-state index is 13.7. The fraction of sp³-hybridized carbons (Fsp3) is 0.333. The molecule has 2 aromatic carbocycles. The molecule has 4 aromatic rings. The molecule has 1 saturated heterocycles. The number of hydrogen-bond donors (Lipinski definition) is 0. The van der Waals surface area contributed by atoms with Gasteiger partial charge in [-0.2, -0.15) is 18.3 Å². The van der Waals surface area contributed by atoms with Gasteiger partial charge in [0.2, 0.25) is 0 Å². The van der Waals surface area contributed by atoms with Crippen LogP contribution in [0, 0.1) is 6.92 Å². The SMILES string of the molecule is Cc1cc(-c2ncc3cc(C(F)(F)F)ccc3n2)ccc1N1CCOc2cnn(C3CCCCO3)c2C1=O. The lowest BCUT2D eigenvalue weighted by Crippen LogP contribution is -2.35. The predicted molar refractivity (Wildman–Crippen MR) is 133 cm³/mol.